The van der Waals surface area contributed by atoms with Gasteiger partial charge in [0.1, 0.15) is 23.1 Å². The van der Waals surface area contributed by atoms with Crippen molar-refractivity contribution in [2.75, 3.05) is 11.9 Å². The maximum absolute atomic E-state index is 5.38. The molecule has 2 aromatic rings. The van der Waals surface area contributed by atoms with E-state index in [-0.39, 0.29) is 6.10 Å². The van der Waals surface area contributed by atoms with E-state index < -0.39 is 0 Å². The predicted octanol–water partition coefficient (Wildman–Crippen LogP) is 2.20. The van der Waals surface area contributed by atoms with Crippen LogP contribution in [0, 0.1) is 13.8 Å². The zero-order valence-electron chi connectivity index (χ0n) is 11.8. The lowest BCUT2D eigenvalue weighted by atomic mass is 10.1. The minimum Gasteiger partial charge on any atom is -0.390 e. The Morgan fingerprint density at radius 3 is 2.90 bits per heavy atom. The van der Waals surface area contributed by atoms with Crippen molar-refractivity contribution in [3.63, 3.8) is 0 Å². The van der Waals surface area contributed by atoms with Crippen molar-refractivity contribution in [3.8, 4) is 0 Å². The summed E-state index contributed by atoms with van der Waals surface area (Å²) in [5.41, 5.74) is 2.39. The average Bonchev–Trinajstić information content (AvgIpc) is 3.03. The fraction of sp³-hybridized carbons (Fsp3) is 0.538. The van der Waals surface area contributed by atoms with Gasteiger partial charge >= 0.3 is 0 Å². The van der Waals surface area contributed by atoms with Crippen molar-refractivity contribution in [2.24, 2.45) is 5.16 Å². The van der Waals surface area contributed by atoms with Gasteiger partial charge in [-0.15, -0.1) is 0 Å². The molecule has 3 rings (SSSR count). The Kier molecular flexibility index (Phi) is 3.25. The van der Waals surface area contributed by atoms with Gasteiger partial charge in [0.25, 0.3) is 5.71 Å². The number of nitrogens with zero attached hydrogens (tertiary/aromatic N) is 4. The van der Waals surface area contributed by atoms with Crippen LogP contribution in [0.1, 0.15) is 31.3 Å². The number of hydrogen-bond donors (Lipinski definition) is 1. The molecule has 7 nitrogen and oxygen atoms in total. The Hall–Kier alpha value is -2.18. The standard InChI is InChI=1S/C13H17N5O2/c1-4-9-5-10(19-18-9)6-14-12-11-7(2)17-20-13(11)16-8(3)15-12/h10H,4-6H2,1-3H3,(H,14,15,16)/t10-/m1/s1. The first kappa shape index (κ1) is 12.8. The van der Waals surface area contributed by atoms with Crippen molar-refractivity contribution >= 4 is 22.6 Å². The molecule has 0 fully saturated rings. The molecule has 1 aliphatic rings. The minimum atomic E-state index is 0.0513. The van der Waals surface area contributed by atoms with E-state index in [1.165, 1.54) is 0 Å². The Morgan fingerprint density at radius 2 is 2.15 bits per heavy atom. The SMILES string of the molecule is CCC1=NO[C@@H](CNc2nc(C)nc3onc(C)c23)C1. The van der Waals surface area contributed by atoms with Crippen LogP contribution < -0.4 is 5.32 Å². The molecule has 1 atom stereocenters. The Morgan fingerprint density at radius 1 is 1.30 bits per heavy atom. The van der Waals surface area contributed by atoms with E-state index in [1.807, 2.05) is 13.8 Å². The van der Waals surface area contributed by atoms with E-state index in [0.29, 0.717) is 18.1 Å². The fourth-order valence-corrected chi connectivity index (χ4v) is 2.24. The van der Waals surface area contributed by atoms with Crippen molar-refractivity contribution in [2.45, 2.75) is 39.7 Å². The third kappa shape index (κ3) is 2.31. The highest BCUT2D eigenvalue weighted by Crippen LogP contribution is 2.24. The summed E-state index contributed by atoms with van der Waals surface area (Å²) in [6.07, 6.45) is 1.84. The highest BCUT2D eigenvalue weighted by molar-refractivity contribution is 5.88. The summed E-state index contributed by atoms with van der Waals surface area (Å²) in [5.74, 6) is 1.38. The van der Waals surface area contributed by atoms with Crippen molar-refractivity contribution in [1.29, 1.82) is 0 Å². The Balaban J connectivity index is 1.76. The van der Waals surface area contributed by atoms with Crippen molar-refractivity contribution in [1.82, 2.24) is 15.1 Å². The molecule has 0 radical (unpaired) electrons. The number of nitrogens with one attached hydrogen (secondary N) is 1. The molecule has 0 aliphatic carbocycles. The first-order valence-corrected chi connectivity index (χ1v) is 6.73. The Labute approximate surface area is 116 Å². The van der Waals surface area contributed by atoms with Crippen LogP contribution in [0.4, 0.5) is 5.82 Å². The summed E-state index contributed by atoms with van der Waals surface area (Å²) >= 11 is 0. The molecule has 0 bridgehead atoms. The zero-order chi connectivity index (χ0) is 14.1. The second-order valence-corrected chi connectivity index (χ2v) is 4.89. The third-order valence-electron chi connectivity index (χ3n) is 3.32. The zero-order valence-corrected chi connectivity index (χ0v) is 11.8. The summed E-state index contributed by atoms with van der Waals surface area (Å²) in [6.45, 7) is 6.42. The number of rotatable bonds is 4. The van der Waals surface area contributed by atoms with E-state index in [4.69, 9.17) is 9.36 Å². The predicted molar refractivity (Wildman–Crippen MR) is 74.8 cm³/mol. The van der Waals surface area contributed by atoms with Gasteiger partial charge in [0.2, 0.25) is 0 Å². The van der Waals surface area contributed by atoms with Crippen molar-refractivity contribution < 1.29 is 9.36 Å². The highest BCUT2D eigenvalue weighted by Gasteiger charge is 2.21. The molecule has 0 unspecified atom stereocenters. The highest BCUT2D eigenvalue weighted by atomic mass is 16.6. The number of fused-ring (bicyclic) bond motifs is 1. The number of anilines is 1. The van der Waals surface area contributed by atoms with Crippen LogP contribution in [-0.4, -0.2) is 33.5 Å². The fourth-order valence-electron chi connectivity index (χ4n) is 2.24. The molecule has 0 spiro atoms. The van der Waals surface area contributed by atoms with E-state index >= 15 is 0 Å². The molecule has 20 heavy (non-hydrogen) atoms. The van der Waals surface area contributed by atoms with Crippen molar-refractivity contribution in [3.05, 3.63) is 11.5 Å². The first-order chi connectivity index (χ1) is 9.67. The van der Waals surface area contributed by atoms with E-state index in [9.17, 15) is 0 Å². The van der Waals surface area contributed by atoms with Crippen LogP contribution in [0.25, 0.3) is 11.1 Å². The van der Waals surface area contributed by atoms with E-state index in [1.54, 1.807) is 0 Å². The van der Waals surface area contributed by atoms with Crippen LogP contribution in [-0.2, 0) is 4.84 Å². The van der Waals surface area contributed by atoms with Gasteiger partial charge in [-0.1, -0.05) is 17.2 Å². The second-order valence-electron chi connectivity index (χ2n) is 4.89. The molecule has 1 aliphatic heterocycles. The summed E-state index contributed by atoms with van der Waals surface area (Å²) < 4.78 is 5.18. The maximum atomic E-state index is 5.38. The maximum Gasteiger partial charge on any atom is 0.263 e. The molecule has 3 heterocycles. The third-order valence-corrected chi connectivity index (χ3v) is 3.32. The molecule has 0 saturated heterocycles. The van der Waals surface area contributed by atoms with Gasteiger partial charge in [-0.05, 0) is 20.3 Å². The normalized spacial score (nSPS) is 18.1. The molecule has 106 valence electrons. The smallest absolute Gasteiger partial charge is 0.263 e. The van der Waals surface area contributed by atoms with Gasteiger partial charge in [0, 0.05) is 6.42 Å². The quantitative estimate of drug-likeness (QED) is 0.920. The average molecular weight is 275 g/mol. The number of aromatic nitrogens is 3. The summed E-state index contributed by atoms with van der Waals surface area (Å²) in [4.78, 5) is 14.0. The monoisotopic (exact) mass is 275 g/mol. The second kappa shape index (κ2) is 5.07. The van der Waals surface area contributed by atoms with Gasteiger partial charge in [-0.3, -0.25) is 0 Å². The summed E-state index contributed by atoms with van der Waals surface area (Å²) in [6, 6.07) is 0. The van der Waals surface area contributed by atoms with E-state index in [0.717, 1.165) is 35.5 Å². The van der Waals surface area contributed by atoms with Crippen LogP contribution >= 0.6 is 0 Å². The number of oxime groups is 1. The van der Waals surface area contributed by atoms with Gasteiger partial charge in [-0.25, -0.2) is 4.98 Å². The molecule has 0 amide bonds. The largest absolute Gasteiger partial charge is 0.390 e. The Bertz CT molecular complexity index is 664. The molecule has 2 aromatic heterocycles. The molecule has 1 N–H and O–H groups in total. The molecule has 7 heteroatoms. The lowest BCUT2D eigenvalue weighted by Gasteiger charge is -2.11. The van der Waals surface area contributed by atoms with Gasteiger partial charge < -0.3 is 14.7 Å². The lowest BCUT2D eigenvalue weighted by Crippen LogP contribution is -2.20. The van der Waals surface area contributed by atoms with Crippen LogP contribution in [0.15, 0.2) is 9.68 Å². The van der Waals surface area contributed by atoms with Crippen LogP contribution in [0.3, 0.4) is 0 Å². The molecular formula is C13H17N5O2. The summed E-state index contributed by atoms with van der Waals surface area (Å²) in [7, 11) is 0. The molecular weight excluding hydrogens is 258 g/mol. The topological polar surface area (TPSA) is 85.4 Å². The van der Waals surface area contributed by atoms with E-state index in [2.05, 4.69) is 32.5 Å². The number of aryl methyl sites for hydroxylation is 2. The number of hydrogen-bond acceptors (Lipinski definition) is 7. The lowest BCUT2D eigenvalue weighted by molar-refractivity contribution is 0.0948. The molecule has 0 saturated carbocycles. The van der Waals surface area contributed by atoms with Gasteiger partial charge in [-0.2, -0.15) is 4.98 Å². The van der Waals surface area contributed by atoms with Gasteiger partial charge in [0.05, 0.1) is 18.0 Å². The molecule has 0 aromatic carbocycles. The van der Waals surface area contributed by atoms with Gasteiger partial charge in [0.15, 0.2) is 0 Å². The minimum absolute atomic E-state index is 0.0513. The van der Waals surface area contributed by atoms with Crippen LogP contribution in [0.2, 0.25) is 0 Å². The first-order valence-electron chi connectivity index (χ1n) is 6.73. The van der Waals surface area contributed by atoms with Crippen LogP contribution in [0.5, 0.6) is 0 Å². The summed E-state index contributed by atoms with van der Waals surface area (Å²) in [5, 5.41) is 12.1.